The average Bonchev–Trinajstić information content (AvgIpc) is 3.35. The molecule has 30 heavy (non-hydrogen) atoms. The maximum absolute atomic E-state index is 13.1. The molecule has 0 saturated carbocycles. The number of imidazole rings is 1. The van der Waals surface area contributed by atoms with Crippen molar-refractivity contribution in [3.8, 4) is 17.6 Å². The minimum absolute atomic E-state index is 0.0266. The second-order valence-electron chi connectivity index (χ2n) is 7.56. The van der Waals surface area contributed by atoms with Gasteiger partial charge in [-0.15, -0.1) is 0 Å². The first-order chi connectivity index (χ1) is 14.4. The Balaban J connectivity index is 1.48. The van der Waals surface area contributed by atoms with Gasteiger partial charge in [-0.2, -0.15) is 23.5 Å². The number of hydrogen-bond donors (Lipinski definition) is 2. The highest BCUT2D eigenvalue weighted by molar-refractivity contribution is 5.94. The van der Waals surface area contributed by atoms with E-state index in [2.05, 4.69) is 26.2 Å². The van der Waals surface area contributed by atoms with Gasteiger partial charge in [0.15, 0.2) is 5.82 Å². The van der Waals surface area contributed by atoms with E-state index in [9.17, 15) is 13.2 Å². The Kier molecular flexibility index (Phi) is 4.17. The third-order valence-corrected chi connectivity index (χ3v) is 5.63. The standard InChI is InChI=1S/C21H17F3N6/c22-21(23,24)13-2-1-7-30(11-13)14-4-6-16-18(9-14)27-20(26-16)19-15-5-3-12(10-25)8-17(15)28-29-19/h3-6,8-9,13H,1-2,7,11H2,(H,26,27)(H,28,29). The summed E-state index contributed by atoms with van der Waals surface area (Å²) in [6, 6.07) is 12.8. The number of nitrogens with zero attached hydrogens (tertiary/aromatic N) is 4. The van der Waals surface area contributed by atoms with Gasteiger partial charge >= 0.3 is 6.18 Å². The van der Waals surface area contributed by atoms with Crippen LogP contribution in [0.2, 0.25) is 0 Å². The molecule has 152 valence electrons. The fourth-order valence-corrected chi connectivity index (χ4v) is 4.05. The number of benzene rings is 2. The maximum atomic E-state index is 13.1. The van der Waals surface area contributed by atoms with Crippen molar-refractivity contribution in [2.75, 3.05) is 18.0 Å². The van der Waals surface area contributed by atoms with Crippen LogP contribution in [0.5, 0.6) is 0 Å². The summed E-state index contributed by atoms with van der Waals surface area (Å²) < 4.78 is 39.4. The van der Waals surface area contributed by atoms with E-state index in [1.165, 1.54) is 0 Å². The van der Waals surface area contributed by atoms with Crippen LogP contribution in [-0.2, 0) is 0 Å². The van der Waals surface area contributed by atoms with Gasteiger partial charge in [0.05, 0.1) is 34.1 Å². The van der Waals surface area contributed by atoms with Crippen molar-refractivity contribution >= 4 is 27.6 Å². The molecule has 2 aromatic heterocycles. The number of nitrogens with one attached hydrogen (secondary N) is 2. The molecule has 0 aliphatic carbocycles. The van der Waals surface area contributed by atoms with Crippen LogP contribution in [0, 0.1) is 17.2 Å². The number of piperidine rings is 1. The van der Waals surface area contributed by atoms with E-state index in [0.29, 0.717) is 35.6 Å². The molecule has 0 amide bonds. The van der Waals surface area contributed by atoms with Crippen molar-refractivity contribution in [1.29, 1.82) is 5.26 Å². The topological polar surface area (TPSA) is 84.4 Å². The highest BCUT2D eigenvalue weighted by atomic mass is 19.4. The SMILES string of the molecule is N#Cc1ccc2c(-c3nc4ccc(N5CCCC(C(F)(F)F)C5)cc4[nH]3)n[nH]c2c1. The highest BCUT2D eigenvalue weighted by Gasteiger charge is 2.41. The lowest BCUT2D eigenvalue weighted by atomic mass is 9.97. The fourth-order valence-electron chi connectivity index (χ4n) is 4.05. The first-order valence-electron chi connectivity index (χ1n) is 9.62. The summed E-state index contributed by atoms with van der Waals surface area (Å²) in [5.41, 5.74) is 4.09. The minimum Gasteiger partial charge on any atom is -0.371 e. The van der Waals surface area contributed by atoms with E-state index in [4.69, 9.17) is 5.26 Å². The summed E-state index contributed by atoms with van der Waals surface area (Å²) >= 11 is 0. The molecule has 2 N–H and O–H groups in total. The van der Waals surface area contributed by atoms with Gasteiger partial charge < -0.3 is 9.88 Å². The van der Waals surface area contributed by atoms with Crippen molar-refractivity contribution in [2.24, 2.45) is 5.92 Å². The Labute approximate surface area is 169 Å². The van der Waals surface area contributed by atoms with Crippen molar-refractivity contribution in [1.82, 2.24) is 20.2 Å². The summed E-state index contributed by atoms with van der Waals surface area (Å²) in [7, 11) is 0. The van der Waals surface area contributed by atoms with Crippen LogP contribution in [-0.4, -0.2) is 39.4 Å². The van der Waals surface area contributed by atoms with Gasteiger partial charge in [0.1, 0.15) is 5.69 Å². The first kappa shape index (κ1) is 18.5. The Morgan fingerprint density at radius 2 is 2.00 bits per heavy atom. The molecule has 0 radical (unpaired) electrons. The largest absolute Gasteiger partial charge is 0.393 e. The van der Waals surface area contributed by atoms with Crippen LogP contribution in [0.3, 0.4) is 0 Å². The predicted molar refractivity (Wildman–Crippen MR) is 107 cm³/mol. The van der Waals surface area contributed by atoms with Gasteiger partial charge in [-0.1, -0.05) is 0 Å². The van der Waals surface area contributed by atoms with Gasteiger partial charge in [0.25, 0.3) is 0 Å². The van der Waals surface area contributed by atoms with Crippen LogP contribution in [0.1, 0.15) is 18.4 Å². The fraction of sp³-hybridized carbons (Fsp3) is 0.286. The zero-order valence-corrected chi connectivity index (χ0v) is 15.8. The van der Waals surface area contributed by atoms with E-state index in [1.807, 2.05) is 24.3 Å². The Morgan fingerprint density at radius 3 is 2.80 bits per heavy atom. The van der Waals surface area contributed by atoms with Crippen LogP contribution in [0.4, 0.5) is 18.9 Å². The molecule has 5 rings (SSSR count). The summed E-state index contributed by atoms with van der Waals surface area (Å²) in [4.78, 5) is 9.61. The molecule has 1 aliphatic rings. The molecule has 1 unspecified atom stereocenters. The first-order valence-corrected chi connectivity index (χ1v) is 9.62. The monoisotopic (exact) mass is 410 g/mol. The summed E-state index contributed by atoms with van der Waals surface area (Å²) in [5.74, 6) is -0.738. The molecule has 1 atom stereocenters. The van der Waals surface area contributed by atoms with E-state index in [1.54, 1.807) is 17.0 Å². The number of halogens is 3. The lowest BCUT2D eigenvalue weighted by Gasteiger charge is -2.35. The molecule has 0 bridgehead atoms. The van der Waals surface area contributed by atoms with Gasteiger partial charge in [-0.25, -0.2) is 4.98 Å². The summed E-state index contributed by atoms with van der Waals surface area (Å²) in [6.07, 6.45) is -3.48. The lowest BCUT2D eigenvalue weighted by Crippen LogP contribution is -2.41. The second-order valence-corrected chi connectivity index (χ2v) is 7.56. The second kappa shape index (κ2) is 6.76. The predicted octanol–water partition coefficient (Wildman–Crippen LogP) is 4.76. The van der Waals surface area contributed by atoms with Crippen LogP contribution < -0.4 is 4.90 Å². The molecular formula is C21H17F3N6. The summed E-state index contributed by atoms with van der Waals surface area (Å²) in [6.45, 7) is 0.575. The number of aromatic amines is 2. The number of anilines is 1. The van der Waals surface area contributed by atoms with Gasteiger partial charge in [0.2, 0.25) is 0 Å². The number of hydrogen-bond acceptors (Lipinski definition) is 4. The molecule has 1 saturated heterocycles. The van der Waals surface area contributed by atoms with E-state index >= 15 is 0 Å². The quantitative estimate of drug-likeness (QED) is 0.499. The smallest absolute Gasteiger partial charge is 0.371 e. The Morgan fingerprint density at radius 1 is 1.13 bits per heavy atom. The molecule has 9 heteroatoms. The van der Waals surface area contributed by atoms with Gasteiger partial charge in [-0.05, 0) is 49.2 Å². The van der Waals surface area contributed by atoms with Crippen LogP contribution >= 0.6 is 0 Å². The molecule has 4 aromatic rings. The third kappa shape index (κ3) is 3.14. The lowest BCUT2D eigenvalue weighted by molar-refractivity contribution is -0.175. The number of alkyl halides is 3. The normalized spacial score (nSPS) is 17.5. The Bertz CT molecular complexity index is 1280. The molecule has 0 spiro atoms. The Hall–Kier alpha value is -3.54. The van der Waals surface area contributed by atoms with Gasteiger partial charge in [0, 0.05) is 24.2 Å². The minimum atomic E-state index is -4.17. The number of aromatic nitrogens is 4. The zero-order chi connectivity index (χ0) is 20.9. The van der Waals surface area contributed by atoms with E-state index in [0.717, 1.165) is 22.1 Å². The van der Waals surface area contributed by atoms with Crippen LogP contribution in [0.15, 0.2) is 36.4 Å². The van der Waals surface area contributed by atoms with Crippen molar-refractivity contribution in [3.05, 3.63) is 42.0 Å². The van der Waals surface area contributed by atoms with Crippen LogP contribution in [0.25, 0.3) is 33.5 Å². The maximum Gasteiger partial charge on any atom is 0.393 e. The van der Waals surface area contributed by atoms with Gasteiger partial charge in [-0.3, -0.25) is 5.10 Å². The molecule has 6 nitrogen and oxygen atoms in total. The number of rotatable bonds is 2. The van der Waals surface area contributed by atoms with Crippen molar-refractivity contribution < 1.29 is 13.2 Å². The van der Waals surface area contributed by atoms with Crippen molar-refractivity contribution in [2.45, 2.75) is 19.0 Å². The van der Waals surface area contributed by atoms with E-state index < -0.39 is 12.1 Å². The average molecular weight is 410 g/mol. The molecule has 1 aliphatic heterocycles. The third-order valence-electron chi connectivity index (χ3n) is 5.63. The number of H-pyrrole nitrogens is 2. The molecule has 1 fully saturated rings. The van der Waals surface area contributed by atoms with Crippen molar-refractivity contribution in [3.63, 3.8) is 0 Å². The van der Waals surface area contributed by atoms with E-state index in [-0.39, 0.29) is 13.0 Å². The summed E-state index contributed by atoms with van der Waals surface area (Å²) in [5, 5.41) is 17.1. The number of fused-ring (bicyclic) bond motifs is 2. The number of nitriles is 1. The highest BCUT2D eigenvalue weighted by Crippen LogP contribution is 2.35. The molecule has 2 aromatic carbocycles. The molecular weight excluding hydrogens is 393 g/mol. The molecule has 3 heterocycles. The zero-order valence-electron chi connectivity index (χ0n) is 15.8.